The Bertz CT molecular complexity index is 1260. The van der Waals surface area contributed by atoms with E-state index >= 15 is 0 Å². The van der Waals surface area contributed by atoms with Crippen LogP contribution >= 0.6 is 0 Å². The Kier molecular flexibility index (Phi) is 8.38. The van der Waals surface area contributed by atoms with Gasteiger partial charge >= 0.3 is 11.9 Å². The molecule has 0 unspecified atom stereocenters. The number of aliphatic hydroxyl groups excluding tert-OH is 4. The van der Waals surface area contributed by atoms with E-state index in [0.29, 0.717) is 38.0 Å². The number of aliphatic carboxylic acids is 2. The summed E-state index contributed by atoms with van der Waals surface area (Å²) in [5.74, 6) is -1.24. The largest absolute Gasteiger partial charge is 0.481 e. The van der Waals surface area contributed by atoms with Crippen LogP contribution in [0.1, 0.15) is 99.3 Å². The van der Waals surface area contributed by atoms with Crippen molar-refractivity contribution in [3.05, 3.63) is 11.6 Å². The van der Waals surface area contributed by atoms with Gasteiger partial charge in [0.05, 0.1) is 23.5 Å². The van der Waals surface area contributed by atoms with Crippen molar-refractivity contribution >= 4 is 11.9 Å². The minimum atomic E-state index is -1.51. The van der Waals surface area contributed by atoms with E-state index in [4.69, 9.17) is 9.47 Å². The zero-order chi connectivity index (χ0) is 33.8. The molecule has 6 aliphatic rings. The minimum absolute atomic E-state index is 0.0692. The van der Waals surface area contributed by atoms with Gasteiger partial charge in [-0.1, -0.05) is 53.2 Å². The number of carboxylic acids is 2. The molecule has 10 heteroatoms. The molecule has 0 amide bonds. The van der Waals surface area contributed by atoms with Crippen LogP contribution in [0.15, 0.2) is 11.6 Å². The Morgan fingerprint density at radius 2 is 1.57 bits per heavy atom. The maximum Gasteiger partial charge on any atom is 0.314 e. The zero-order valence-corrected chi connectivity index (χ0v) is 28.3. The second kappa shape index (κ2) is 11.2. The average Bonchev–Trinajstić information content (AvgIpc) is 2.99. The Labute approximate surface area is 272 Å². The summed E-state index contributed by atoms with van der Waals surface area (Å²) in [6.45, 7) is 12.6. The van der Waals surface area contributed by atoms with Gasteiger partial charge < -0.3 is 40.1 Å². The lowest BCUT2D eigenvalue weighted by molar-refractivity contribution is -0.330. The van der Waals surface area contributed by atoms with Gasteiger partial charge in [-0.25, -0.2) is 0 Å². The third-order valence-electron chi connectivity index (χ3n) is 15.3. The van der Waals surface area contributed by atoms with Gasteiger partial charge in [-0.05, 0) is 104 Å². The predicted octanol–water partition coefficient (Wildman–Crippen LogP) is 3.98. The van der Waals surface area contributed by atoms with E-state index in [-0.39, 0.29) is 35.2 Å². The Morgan fingerprint density at radius 1 is 0.870 bits per heavy atom. The molecule has 0 aromatic heterocycles. The number of hydrogen-bond acceptors (Lipinski definition) is 8. The number of rotatable bonds is 5. The normalized spacial score (nSPS) is 53.1. The summed E-state index contributed by atoms with van der Waals surface area (Å²) in [7, 11) is 0. The van der Waals surface area contributed by atoms with Gasteiger partial charge in [-0.3, -0.25) is 9.59 Å². The molecule has 0 radical (unpaired) electrons. The minimum Gasteiger partial charge on any atom is -0.481 e. The smallest absolute Gasteiger partial charge is 0.314 e. The highest BCUT2D eigenvalue weighted by atomic mass is 16.7. The van der Waals surface area contributed by atoms with E-state index in [1.807, 2.05) is 0 Å². The fourth-order valence-corrected chi connectivity index (χ4v) is 12.6. The van der Waals surface area contributed by atoms with E-state index in [1.165, 1.54) is 0 Å². The molecule has 10 nitrogen and oxygen atoms in total. The van der Waals surface area contributed by atoms with Crippen LogP contribution in [0.5, 0.6) is 0 Å². The summed E-state index contributed by atoms with van der Waals surface area (Å²) in [5.41, 5.74) is -2.32. The van der Waals surface area contributed by atoms with Crippen LogP contribution in [0.2, 0.25) is 0 Å². The van der Waals surface area contributed by atoms with Gasteiger partial charge in [0.15, 0.2) is 6.29 Å². The number of carbonyl (C=O) groups is 2. The molecule has 1 heterocycles. The lowest BCUT2D eigenvalue weighted by Gasteiger charge is -2.70. The van der Waals surface area contributed by atoms with Gasteiger partial charge in [0.1, 0.15) is 24.4 Å². The first-order valence-corrected chi connectivity index (χ1v) is 17.6. The fourth-order valence-electron chi connectivity index (χ4n) is 12.6. The maximum absolute atomic E-state index is 13.8. The first kappa shape index (κ1) is 34.3. The molecule has 0 bridgehead atoms. The standard InChI is InChI=1S/C36H56O10/c1-18-9-14-35(30(41)42)15-16-36(31(43)44)20(25(35)19(18)2)7-8-23-33(5)12-11-24(32(3,4)22(33)10-13-34(23,36)6)46-29-28(40)27(39)26(38)21(17-37)45-29/h7,18-19,21-29,37-40H,8-17H2,1-6H3,(H,41,42)(H,43,44)/t18-,19+,21+,22-,23+,24+,25-,26+,27-,28+,29-,33-,34+,35-,36+/m0/s1. The maximum atomic E-state index is 13.8. The van der Waals surface area contributed by atoms with Gasteiger partial charge in [-0.15, -0.1) is 0 Å². The molecule has 6 N–H and O–H groups in total. The molecular formula is C36H56O10. The lowest BCUT2D eigenvalue weighted by Crippen LogP contribution is -2.68. The second-order valence-corrected chi connectivity index (χ2v) is 17.2. The summed E-state index contributed by atoms with van der Waals surface area (Å²) in [6, 6.07) is 0. The summed E-state index contributed by atoms with van der Waals surface area (Å²) in [6.07, 6.45) is 0.942. The van der Waals surface area contributed by atoms with Crippen LogP contribution in [0.25, 0.3) is 0 Å². The third kappa shape index (κ3) is 4.35. The molecule has 46 heavy (non-hydrogen) atoms. The second-order valence-electron chi connectivity index (χ2n) is 17.2. The Hall–Kier alpha value is -1.56. The van der Waals surface area contributed by atoms with Gasteiger partial charge in [0.25, 0.3) is 0 Å². The van der Waals surface area contributed by atoms with Crippen LogP contribution in [-0.2, 0) is 19.1 Å². The van der Waals surface area contributed by atoms with Crippen LogP contribution in [0.3, 0.4) is 0 Å². The molecule has 5 aliphatic carbocycles. The Balaban J connectivity index is 1.34. The molecule has 5 fully saturated rings. The number of aliphatic hydroxyl groups is 4. The van der Waals surface area contributed by atoms with Crippen molar-refractivity contribution in [3.63, 3.8) is 0 Å². The van der Waals surface area contributed by atoms with Crippen LogP contribution in [0, 0.1) is 56.7 Å². The monoisotopic (exact) mass is 648 g/mol. The molecule has 260 valence electrons. The van der Waals surface area contributed by atoms with E-state index in [9.17, 15) is 40.2 Å². The number of allylic oxidation sites excluding steroid dienone is 1. The van der Waals surface area contributed by atoms with Crippen molar-refractivity contribution in [1.82, 2.24) is 0 Å². The summed E-state index contributed by atoms with van der Waals surface area (Å²) < 4.78 is 12.1. The van der Waals surface area contributed by atoms with Gasteiger partial charge in [0.2, 0.25) is 0 Å². The van der Waals surface area contributed by atoms with Crippen molar-refractivity contribution in [1.29, 1.82) is 0 Å². The van der Waals surface area contributed by atoms with Crippen LogP contribution < -0.4 is 0 Å². The molecular weight excluding hydrogens is 592 g/mol. The number of fused-ring (bicyclic) bond motifs is 7. The first-order chi connectivity index (χ1) is 21.4. The first-order valence-electron chi connectivity index (χ1n) is 17.6. The van der Waals surface area contributed by atoms with Crippen molar-refractivity contribution in [2.24, 2.45) is 56.7 Å². The Morgan fingerprint density at radius 3 is 2.20 bits per heavy atom. The molecule has 1 aliphatic heterocycles. The molecule has 0 aromatic rings. The number of carboxylic acid groups (broad SMARTS) is 2. The molecule has 15 atom stereocenters. The average molecular weight is 649 g/mol. The molecule has 4 saturated carbocycles. The van der Waals surface area contributed by atoms with Gasteiger partial charge in [0, 0.05) is 0 Å². The number of hydrogen-bond donors (Lipinski definition) is 6. The summed E-state index contributed by atoms with van der Waals surface area (Å²) in [4.78, 5) is 26.8. The molecule has 0 aromatic carbocycles. The highest BCUT2D eigenvalue weighted by molar-refractivity contribution is 5.84. The van der Waals surface area contributed by atoms with Crippen LogP contribution in [-0.4, -0.2) is 86.0 Å². The van der Waals surface area contributed by atoms with E-state index in [0.717, 1.165) is 31.3 Å². The lowest BCUT2D eigenvalue weighted by atomic mass is 9.33. The molecule has 6 rings (SSSR count). The van der Waals surface area contributed by atoms with Crippen molar-refractivity contribution in [2.75, 3.05) is 6.61 Å². The van der Waals surface area contributed by atoms with E-state index in [2.05, 4.69) is 47.6 Å². The number of ether oxygens (including phenoxy) is 2. The van der Waals surface area contributed by atoms with Crippen LogP contribution in [0.4, 0.5) is 0 Å². The van der Waals surface area contributed by atoms with Crippen molar-refractivity contribution in [2.45, 2.75) is 136 Å². The van der Waals surface area contributed by atoms with Crippen molar-refractivity contribution in [3.8, 4) is 0 Å². The highest BCUT2D eigenvalue weighted by Crippen LogP contribution is 2.76. The highest BCUT2D eigenvalue weighted by Gasteiger charge is 2.73. The zero-order valence-electron chi connectivity index (χ0n) is 28.3. The topological polar surface area (TPSA) is 174 Å². The van der Waals surface area contributed by atoms with E-state index < -0.39 is 70.9 Å². The molecule has 0 spiro atoms. The SMILES string of the molecule is C[C@H]1[C@H]2C3=CC[C@@H]4[C@@]5(C)CC[C@@H](O[C@@H]6O[C@H](CO)[C@@H](O)[C@H](O)[C@H]6O)C(C)(C)[C@@H]5CC[C@@]4(C)[C@]3(C(=O)O)CC[C@@]2(C(=O)O)CC[C@@H]1C. The fraction of sp³-hybridized carbons (Fsp3) is 0.889. The quantitative estimate of drug-likeness (QED) is 0.189. The van der Waals surface area contributed by atoms with Crippen molar-refractivity contribution < 1.29 is 49.7 Å². The summed E-state index contributed by atoms with van der Waals surface area (Å²) >= 11 is 0. The van der Waals surface area contributed by atoms with E-state index in [1.54, 1.807) is 0 Å². The van der Waals surface area contributed by atoms with Gasteiger partial charge in [-0.2, -0.15) is 0 Å². The third-order valence-corrected chi connectivity index (χ3v) is 15.3. The molecule has 1 saturated heterocycles. The predicted molar refractivity (Wildman–Crippen MR) is 167 cm³/mol. The summed E-state index contributed by atoms with van der Waals surface area (Å²) in [5, 5.41) is 63.0.